The number of hydrogen-bond acceptors (Lipinski definition) is 4. The highest BCUT2D eigenvalue weighted by molar-refractivity contribution is 6.06. The Morgan fingerprint density at radius 2 is 1.30 bits per heavy atom. The van der Waals surface area contributed by atoms with E-state index in [0.29, 0.717) is 33.9 Å². The second-order valence-corrected chi connectivity index (χ2v) is 14.1. The monoisotopic (exact) mass is 576 g/mol. The summed E-state index contributed by atoms with van der Waals surface area (Å²) in [6, 6.07) is 24.6. The van der Waals surface area contributed by atoms with Gasteiger partial charge in [-0.15, -0.1) is 0 Å². The molecule has 2 aliphatic carbocycles. The van der Waals surface area contributed by atoms with E-state index in [1.165, 1.54) is 95.7 Å². The van der Waals surface area contributed by atoms with Gasteiger partial charge in [0.15, 0.2) is 0 Å². The zero-order valence-electron chi connectivity index (χ0n) is 25.5. The van der Waals surface area contributed by atoms with Crippen molar-refractivity contribution in [2.24, 2.45) is 11.8 Å². The van der Waals surface area contributed by atoms with Crippen molar-refractivity contribution in [3.05, 3.63) is 83.9 Å². The lowest BCUT2D eigenvalue weighted by Gasteiger charge is -2.46. The fourth-order valence-corrected chi connectivity index (χ4v) is 9.15. The van der Waals surface area contributed by atoms with Crippen LogP contribution < -0.4 is 21.7 Å². The lowest BCUT2D eigenvalue weighted by atomic mass is 9.62. The van der Waals surface area contributed by atoms with Crippen LogP contribution in [-0.2, 0) is 0 Å². The van der Waals surface area contributed by atoms with Crippen molar-refractivity contribution in [1.82, 2.24) is 10.6 Å². The van der Waals surface area contributed by atoms with Crippen LogP contribution in [0.3, 0.4) is 0 Å². The van der Waals surface area contributed by atoms with Gasteiger partial charge in [0.05, 0.1) is 11.4 Å². The van der Waals surface area contributed by atoms with Crippen LogP contribution in [-0.4, -0.2) is 30.1 Å². The zero-order valence-corrected chi connectivity index (χ0v) is 25.5. The summed E-state index contributed by atoms with van der Waals surface area (Å²) in [4.78, 5) is 13.4. The Balaban J connectivity index is 1.08. The Morgan fingerprint density at radius 1 is 0.721 bits per heavy atom. The Morgan fingerprint density at radius 3 is 1.84 bits per heavy atom. The van der Waals surface area contributed by atoms with E-state index in [-0.39, 0.29) is 5.91 Å². The van der Waals surface area contributed by atoms with Crippen molar-refractivity contribution in [2.75, 3.05) is 24.1 Å². The maximum Gasteiger partial charge on any atom is 0.255 e. The van der Waals surface area contributed by atoms with Gasteiger partial charge in [0.2, 0.25) is 0 Å². The normalized spacial score (nSPS) is 29.6. The minimum absolute atomic E-state index is 0.112. The van der Waals surface area contributed by atoms with Gasteiger partial charge in [0.25, 0.3) is 5.91 Å². The van der Waals surface area contributed by atoms with Crippen LogP contribution >= 0.6 is 0 Å². The number of hydrogen-bond donors (Lipinski definition) is 4. The second kappa shape index (κ2) is 12.1. The average molecular weight is 577 g/mol. The summed E-state index contributed by atoms with van der Waals surface area (Å²) in [6.07, 6.45) is 15.9. The Kier molecular flexibility index (Phi) is 8.04. The van der Waals surface area contributed by atoms with Crippen LogP contribution in [0, 0.1) is 11.8 Å². The number of nitrogens with one attached hydrogen (secondary N) is 3. The molecule has 5 N–H and O–H groups in total. The number of carbonyl (C=O) groups excluding carboxylic acids is 1. The lowest BCUT2D eigenvalue weighted by Crippen LogP contribution is -2.46. The number of benzene rings is 3. The highest BCUT2D eigenvalue weighted by Gasteiger charge is 2.44. The van der Waals surface area contributed by atoms with E-state index in [0.717, 1.165) is 23.0 Å². The van der Waals surface area contributed by atoms with Crippen LogP contribution in [0.5, 0.6) is 0 Å². The number of anilines is 2. The number of carbonyl (C=O) groups is 1. The molecular weight excluding hydrogens is 528 g/mol. The smallest absolute Gasteiger partial charge is 0.255 e. The van der Waals surface area contributed by atoms with Gasteiger partial charge in [-0.1, -0.05) is 48.5 Å². The molecule has 0 atom stereocenters. The second-order valence-electron chi connectivity index (χ2n) is 14.1. The highest BCUT2D eigenvalue weighted by Crippen LogP contribution is 2.50. The first-order valence-electron chi connectivity index (χ1n) is 16.9. The summed E-state index contributed by atoms with van der Waals surface area (Å²) < 4.78 is 0. The average Bonchev–Trinajstić information content (AvgIpc) is 3.71. The van der Waals surface area contributed by atoms with Crippen molar-refractivity contribution in [2.45, 2.75) is 94.0 Å². The van der Waals surface area contributed by atoms with Gasteiger partial charge in [-0.3, -0.25) is 4.79 Å². The molecule has 5 heteroatoms. The molecule has 2 saturated carbocycles. The Labute approximate surface area is 257 Å². The van der Waals surface area contributed by atoms with E-state index in [9.17, 15) is 4.79 Å². The van der Waals surface area contributed by atoms with Gasteiger partial charge in [-0.05, 0) is 149 Å². The first-order valence-corrected chi connectivity index (χ1v) is 16.9. The van der Waals surface area contributed by atoms with Gasteiger partial charge in [0, 0.05) is 16.6 Å². The lowest BCUT2D eigenvalue weighted by molar-refractivity contribution is 0.102. The molecule has 0 aromatic heterocycles. The van der Waals surface area contributed by atoms with Gasteiger partial charge < -0.3 is 21.7 Å². The third kappa shape index (κ3) is 5.99. The standard InChI is InChI=1S/C38H48N4O/c39-33-13-12-32(27-6-2-1-3-7-27)26-34(33)42-36(43)31-10-8-28(9-11-31)35(29-14-20-37(21-15-29)18-4-24-40-37)30-16-22-38(23-17-30)19-5-25-41-38/h1-3,6-13,26,29-30,35,40-41H,4-5,14-25,39H2,(H,42,43). The third-order valence-electron chi connectivity index (χ3n) is 11.6. The molecule has 3 aromatic carbocycles. The number of amides is 1. The maximum absolute atomic E-state index is 13.4. The minimum atomic E-state index is -0.112. The van der Waals surface area contributed by atoms with Crippen molar-refractivity contribution < 1.29 is 4.79 Å². The van der Waals surface area contributed by atoms with Gasteiger partial charge in [-0.2, -0.15) is 0 Å². The maximum atomic E-state index is 13.4. The summed E-state index contributed by atoms with van der Waals surface area (Å²) in [6.45, 7) is 2.38. The SMILES string of the molecule is Nc1ccc(-c2ccccc2)cc1NC(=O)c1ccc(C(C2CCC3(CCCN3)CC2)C2CCC3(CCCN3)CC2)cc1. The first-order chi connectivity index (χ1) is 21.0. The molecule has 1 amide bonds. The molecule has 5 nitrogen and oxygen atoms in total. The van der Waals surface area contributed by atoms with E-state index in [4.69, 9.17) is 5.73 Å². The van der Waals surface area contributed by atoms with Crippen LogP contribution in [0.2, 0.25) is 0 Å². The predicted octanol–water partition coefficient (Wildman–Crippen LogP) is 7.90. The van der Waals surface area contributed by atoms with Crippen LogP contribution in [0.15, 0.2) is 72.8 Å². The summed E-state index contributed by atoms with van der Waals surface area (Å²) in [7, 11) is 0. The van der Waals surface area contributed by atoms with Gasteiger partial charge >= 0.3 is 0 Å². The molecule has 2 saturated heterocycles. The van der Waals surface area contributed by atoms with Crippen molar-refractivity contribution in [1.29, 1.82) is 0 Å². The van der Waals surface area contributed by atoms with Gasteiger partial charge in [0.1, 0.15) is 0 Å². The third-order valence-corrected chi connectivity index (χ3v) is 11.6. The fraction of sp³-hybridized carbons (Fsp3) is 0.500. The molecule has 0 unspecified atom stereocenters. The largest absolute Gasteiger partial charge is 0.397 e. The molecule has 2 spiro atoms. The minimum Gasteiger partial charge on any atom is -0.397 e. The molecule has 226 valence electrons. The molecular formula is C38H48N4O. The van der Waals surface area contributed by atoms with Crippen molar-refractivity contribution in [3.63, 3.8) is 0 Å². The molecule has 7 rings (SSSR count). The van der Waals surface area contributed by atoms with Crippen LogP contribution in [0.4, 0.5) is 11.4 Å². The molecule has 0 radical (unpaired) electrons. The van der Waals surface area contributed by atoms with E-state index in [1.807, 2.05) is 48.5 Å². The highest BCUT2D eigenvalue weighted by atomic mass is 16.1. The summed E-state index contributed by atoms with van der Waals surface area (Å²) >= 11 is 0. The Hall–Kier alpha value is -3.15. The molecule has 3 aromatic rings. The van der Waals surface area contributed by atoms with Crippen LogP contribution in [0.25, 0.3) is 11.1 Å². The molecule has 0 bridgehead atoms. The first kappa shape index (κ1) is 28.6. The predicted molar refractivity (Wildman–Crippen MR) is 177 cm³/mol. The van der Waals surface area contributed by atoms with E-state index < -0.39 is 0 Å². The van der Waals surface area contributed by atoms with Crippen molar-refractivity contribution >= 4 is 17.3 Å². The zero-order chi connectivity index (χ0) is 29.3. The summed E-state index contributed by atoms with van der Waals surface area (Å²) in [5.41, 5.74) is 12.6. The molecule has 2 aliphatic heterocycles. The van der Waals surface area contributed by atoms with Crippen molar-refractivity contribution in [3.8, 4) is 11.1 Å². The number of rotatable bonds is 6. The topological polar surface area (TPSA) is 79.2 Å². The number of nitrogens with two attached hydrogens (primary N) is 1. The molecule has 4 aliphatic rings. The van der Waals surface area contributed by atoms with Crippen LogP contribution in [0.1, 0.15) is 98.9 Å². The molecule has 4 fully saturated rings. The summed E-state index contributed by atoms with van der Waals surface area (Å²) in [5.74, 6) is 1.92. The van der Waals surface area contributed by atoms with E-state index >= 15 is 0 Å². The quantitative estimate of drug-likeness (QED) is 0.225. The van der Waals surface area contributed by atoms with E-state index in [2.05, 4.69) is 40.2 Å². The molecule has 43 heavy (non-hydrogen) atoms. The van der Waals surface area contributed by atoms with Gasteiger partial charge in [-0.25, -0.2) is 0 Å². The summed E-state index contributed by atoms with van der Waals surface area (Å²) in [5, 5.41) is 10.8. The molecule has 2 heterocycles. The fourth-order valence-electron chi connectivity index (χ4n) is 9.15. The van der Waals surface area contributed by atoms with E-state index in [1.54, 1.807) is 0 Å². The number of nitrogen functional groups attached to an aromatic ring is 1. The Bertz CT molecular complexity index is 1350.